The lowest BCUT2D eigenvalue weighted by Crippen LogP contribution is -2.55. The zero-order valence-electron chi connectivity index (χ0n) is 23.1. The Balaban J connectivity index is 1.38. The maximum atomic E-state index is 15.2. The third kappa shape index (κ3) is 5.69. The number of anilines is 2. The van der Waals surface area contributed by atoms with E-state index in [0.29, 0.717) is 36.9 Å². The van der Waals surface area contributed by atoms with Crippen LogP contribution in [-0.4, -0.2) is 60.2 Å². The van der Waals surface area contributed by atoms with Gasteiger partial charge >= 0.3 is 0 Å². The largest absolute Gasteiger partial charge is 0.382 e. The highest BCUT2D eigenvalue weighted by molar-refractivity contribution is 5.98. The van der Waals surface area contributed by atoms with Crippen molar-refractivity contribution in [2.45, 2.75) is 44.3 Å². The van der Waals surface area contributed by atoms with Crippen molar-refractivity contribution < 1.29 is 23.5 Å². The molecule has 3 aliphatic rings. The number of hydrogen-bond donors (Lipinski definition) is 2. The van der Waals surface area contributed by atoms with Gasteiger partial charge in [-0.2, -0.15) is 0 Å². The summed E-state index contributed by atoms with van der Waals surface area (Å²) in [7, 11) is 0. The first-order chi connectivity index (χ1) is 20.0. The van der Waals surface area contributed by atoms with E-state index in [-0.39, 0.29) is 23.4 Å². The minimum atomic E-state index is -0.613. The third-order valence-corrected chi connectivity index (χ3v) is 8.54. The number of carbonyl (C=O) groups is 2. The van der Waals surface area contributed by atoms with E-state index in [1.807, 2.05) is 24.3 Å². The first kappa shape index (κ1) is 27.4. The second-order valence-electron chi connectivity index (χ2n) is 11.2. The van der Waals surface area contributed by atoms with Gasteiger partial charge in [-0.1, -0.05) is 24.3 Å². The molecule has 0 spiro atoms. The predicted molar refractivity (Wildman–Crippen MR) is 153 cm³/mol. The lowest BCUT2D eigenvalue weighted by Gasteiger charge is -2.47. The number of rotatable bonds is 6. The molecular weight excluding hydrogens is 523 g/mol. The SMILES string of the molecule is Cc1cccc(F)c1C(=O)N1[C@@H]2COC[C@@H]2CC(C(=O)Nc2cccnc2)[C@@H]1c1ccc(NC2CCOCC2)cc1. The molecule has 0 bridgehead atoms. The number of fused-ring (bicyclic) bond motifs is 1. The summed E-state index contributed by atoms with van der Waals surface area (Å²) < 4.78 is 26.5. The number of likely N-dealkylation sites (tertiary alicyclic amines) is 1. The van der Waals surface area contributed by atoms with E-state index >= 15 is 4.39 Å². The van der Waals surface area contributed by atoms with Gasteiger partial charge in [0.25, 0.3) is 5.91 Å². The van der Waals surface area contributed by atoms with Crippen molar-refractivity contribution >= 4 is 23.2 Å². The van der Waals surface area contributed by atoms with Crippen LogP contribution in [0.5, 0.6) is 0 Å². The van der Waals surface area contributed by atoms with Gasteiger partial charge in [0, 0.05) is 37.1 Å². The van der Waals surface area contributed by atoms with Crippen LogP contribution in [0.15, 0.2) is 67.0 Å². The fourth-order valence-corrected chi connectivity index (χ4v) is 6.45. The molecule has 3 aliphatic heterocycles. The zero-order valence-corrected chi connectivity index (χ0v) is 23.1. The van der Waals surface area contributed by atoms with Crippen LogP contribution < -0.4 is 10.6 Å². The molecule has 1 aromatic heterocycles. The summed E-state index contributed by atoms with van der Waals surface area (Å²) in [4.78, 5) is 34.0. The Morgan fingerprint density at radius 1 is 0.976 bits per heavy atom. The summed E-state index contributed by atoms with van der Waals surface area (Å²) in [5.41, 5.74) is 2.97. The number of pyridine rings is 1. The molecule has 0 aliphatic carbocycles. The summed E-state index contributed by atoms with van der Waals surface area (Å²) in [6.07, 6.45) is 5.67. The predicted octanol–water partition coefficient (Wildman–Crippen LogP) is 4.98. The molecule has 3 fully saturated rings. The monoisotopic (exact) mass is 558 g/mol. The summed E-state index contributed by atoms with van der Waals surface area (Å²) >= 11 is 0. The molecule has 6 rings (SSSR count). The highest BCUT2D eigenvalue weighted by Gasteiger charge is 2.51. The number of nitrogens with zero attached hydrogens (tertiary/aromatic N) is 2. The first-order valence-electron chi connectivity index (χ1n) is 14.3. The van der Waals surface area contributed by atoms with E-state index in [1.54, 1.807) is 48.5 Å². The van der Waals surface area contributed by atoms with E-state index in [2.05, 4.69) is 15.6 Å². The number of halogens is 1. The molecular formula is C32H35FN4O4. The van der Waals surface area contributed by atoms with Crippen molar-refractivity contribution in [3.05, 3.63) is 89.5 Å². The number of aromatic nitrogens is 1. The Hall–Kier alpha value is -3.82. The second-order valence-corrected chi connectivity index (χ2v) is 11.2. The second kappa shape index (κ2) is 12.0. The van der Waals surface area contributed by atoms with Crippen molar-refractivity contribution in [3.63, 3.8) is 0 Å². The quantitative estimate of drug-likeness (QED) is 0.444. The van der Waals surface area contributed by atoms with Gasteiger partial charge < -0.3 is 25.0 Å². The molecule has 2 amide bonds. The number of aryl methyl sites for hydroxylation is 1. The lowest BCUT2D eigenvalue weighted by molar-refractivity contribution is -0.124. The third-order valence-electron chi connectivity index (χ3n) is 8.54. The number of piperidine rings is 1. The molecule has 9 heteroatoms. The van der Waals surface area contributed by atoms with Crippen LogP contribution in [0.25, 0.3) is 0 Å². The highest BCUT2D eigenvalue weighted by Crippen LogP contribution is 2.45. The van der Waals surface area contributed by atoms with Crippen LogP contribution in [0.3, 0.4) is 0 Å². The number of hydrogen-bond acceptors (Lipinski definition) is 6. The Bertz CT molecular complexity index is 1360. The van der Waals surface area contributed by atoms with E-state index in [1.165, 1.54) is 6.07 Å². The Morgan fingerprint density at radius 2 is 1.78 bits per heavy atom. The van der Waals surface area contributed by atoms with Crippen LogP contribution in [0.4, 0.5) is 15.8 Å². The fourth-order valence-electron chi connectivity index (χ4n) is 6.45. The van der Waals surface area contributed by atoms with Crippen LogP contribution in [0.2, 0.25) is 0 Å². The topological polar surface area (TPSA) is 92.8 Å². The molecule has 2 N–H and O–H groups in total. The lowest BCUT2D eigenvalue weighted by atomic mass is 9.76. The molecule has 3 aromatic rings. The number of carbonyl (C=O) groups excluding carboxylic acids is 2. The van der Waals surface area contributed by atoms with Gasteiger partial charge in [0.15, 0.2) is 0 Å². The van der Waals surface area contributed by atoms with E-state index in [0.717, 1.165) is 37.3 Å². The Labute approximate surface area is 239 Å². The van der Waals surface area contributed by atoms with Crippen molar-refractivity contribution in [1.82, 2.24) is 9.88 Å². The molecule has 0 saturated carbocycles. The van der Waals surface area contributed by atoms with Crippen molar-refractivity contribution in [2.75, 3.05) is 37.1 Å². The average molecular weight is 559 g/mol. The molecule has 4 heterocycles. The smallest absolute Gasteiger partial charge is 0.257 e. The average Bonchev–Trinajstić information content (AvgIpc) is 3.46. The molecule has 1 unspecified atom stereocenters. The first-order valence-corrected chi connectivity index (χ1v) is 14.3. The number of amides is 2. The summed E-state index contributed by atoms with van der Waals surface area (Å²) in [5.74, 6) is -1.82. The van der Waals surface area contributed by atoms with Crippen LogP contribution >= 0.6 is 0 Å². The summed E-state index contributed by atoms with van der Waals surface area (Å²) in [5, 5.41) is 6.57. The fraction of sp³-hybridized carbons (Fsp3) is 0.406. The molecule has 41 heavy (non-hydrogen) atoms. The maximum Gasteiger partial charge on any atom is 0.257 e. The van der Waals surface area contributed by atoms with E-state index in [4.69, 9.17) is 9.47 Å². The molecule has 214 valence electrons. The minimum Gasteiger partial charge on any atom is -0.382 e. The number of nitrogens with one attached hydrogen (secondary N) is 2. The van der Waals surface area contributed by atoms with Gasteiger partial charge in [-0.25, -0.2) is 4.39 Å². The maximum absolute atomic E-state index is 15.2. The van der Waals surface area contributed by atoms with Gasteiger partial charge in [-0.05, 0) is 67.6 Å². The van der Waals surface area contributed by atoms with Crippen molar-refractivity contribution in [3.8, 4) is 0 Å². The van der Waals surface area contributed by atoms with E-state index < -0.39 is 23.7 Å². The normalized spacial score (nSPS) is 24.5. The van der Waals surface area contributed by atoms with Gasteiger partial charge in [-0.3, -0.25) is 14.6 Å². The van der Waals surface area contributed by atoms with Crippen LogP contribution in [-0.2, 0) is 14.3 Å². The highest BCUT2D eigenvalue weighted by atomic mass is 19.1. The summed E-state index contributed by atoms with van der Waals surface area (Å²) in [6, 6.07) is 15.6. The molecule has 2 aromatic carbocycles. The van der Waals surface area contributed by atoms with Gasteiger partial charge in [-0.15, -0.1) is 0 Å². The van der Waals surface area contributed by atoms with Crippen LogP contribution in [0.1, 0.15) is 46.8 Å². The zero-order chi connectivity index (χ0) is 28.3. The Morgan fingerprint density at radius 3 is 2.51 bits per heavy atom. The van der Waals surface area contributed by atoms with Gasteiger partial charge in [0.05, 0.1) is 48.7 Å². The number of ether oxygens (including phenoxy) is 2. The number of benzene rings is 2. The van der Waals surface area contributed by atoms with Crippen LogP contribution in [0, 0.1) is 24.6 Å². The molecule has 8 nitrogen and oxygen atoms in total. The Kier molecular flexibility index (Phi) is 7.98. The van der Waals surface area contributed by atoms with E-state index in [9.17, 15) is 9.59 Å². The minimum absolute atomic E-state index is 0.0364. The molecule has 3 saturated heterocycles. The van der Waals surface area contributed by atoms with Gasteiger partial charge in [0.2, 0.25) is 5.91 Å². The van der Waals surface area contributed by atoms with Crippen molar-refractivity contribution in [1.29, 1.82) is 0 Å². The van der Waals surface area contributed by atoms with Crippen molar-refractivity contribution in [2.24, 2.45) is 11.8 Å². The van der Waals surface area contributed by atoms with Gasteiger partial charge in [0.1, 0.15) is 5.82 Å². The summed E-state index contributed by atoms with van der Waals surface area (Å²) in [6.45, 7) is 4.01. The molecule has 4 atom stereocenters. The standard InChI is InChI=1S/C32H35FN4O4/c1-20-4-2-6-27(33)29(20)32(39)37-28-19-41-18-22(28)16-26(31(38)36-25-5-3-13-34-17-25)30(37)21-7-9-23(10-8-21)35-24-11-14-40-15-12-24/h2-10,13,17,22,24,26,28,30,35H,11-12,14-16,18-19H2,1H3,(H,36,38)/t22-,26?,28+,30-/m0/s1. The molecule has 0 radical (unpaired) electrons.